The summed E-state index contributed by atoms with van der Waals surface area (Å²) in [5.41, 5.74) is 0. The normalized spacial score (nSPS) is 8.89. The van der Waals surface area contributed by atoms with E-state index < -0.39 is 26.1 Å². The quantitative estimate of drug-likeness (QED) is 0.747. The summed E-state index contributed by atoms with van der Waals surface area (Å²) < 4.78 is 21.3. The fourth-order valence-electron chi connectivity index (χ4n) is 0.574. The molecule has 1 rings (SSSR count). The van der Waals surface area contributed by atoms with Crippen molar-refractivity contribution >= 4 is 2.60 Å². The fourth-order valence-corrected chi connectivity index (χ4v) is 2.51. The summed E-state index contributed by atoms with van der Waals surface area (Å²) in [5.74, 6) is 0. The van der Waals surface area contributed by atoms with Gasteiger partial charge in [0.25, 0.3) is 0 Å². The SMILES string of the molecule is [O]=[U](=[O])[c]1ccccc1. The van der Waals surface area contributed by atoms with Gasteiger partial charge in [0.05, 0.1) is 0 Å². The van der Waals surface area contributed by atoms with Crippen LogP contribution in [0.1, 0.15) is 0 Å². The Kier molecular flexibility index (Phi) is 2.44. The van der Waals surface area contributed by atoms with Crippen LogP contribution in [0.4, 0.5) is 0 Å². The molecule has 0 aliphatic heterocycles. The molecule has 45 valence electrons. The van der Waals surface area contributed by atoms with E-state index in [1.54, 1.807) is 30.3 Å². The van der Waals surface area contributed by atoms with Gasteiger partial charge in [-0.15, -0.1) is 0 Å². The molecular weight excluding hydrogens is 342 g/mol. The molecule has 1 aromatic carbocycles. The first kappa shape index (κ1) is 6.98. The van der Waals surface area contributed by atoms with Crippen LogP contribution in [-0.2, 0) is 4.47 Å². The number of benzene rings is 1. The van der Waals surface area contributed by atoms with Crippen LogP contribution < -0.4 is 2.60 Å². The first-order valence-electron chi connectivity index (χ1n) is 2.57. The Hall–Kier alpha value is -0.128. The molecule has 1 aromatic rings. The Bertz CT molecular complexity index is 243. The third kappa shape index (κ3) is 1.93. The molecular formula is C6H5O2U. The minimum atomic E-state index is -3.75. The van der Waals surface area contributed by atoms with Crippen molar-refractivity contribution < 1.29 is 30.6 Å². The number of hydrogen-bond acceptors (Lipinski definition) is 2. The van der Waals surface area contributed by atoms with Crippen molar-refractivity contribution in [2.24, 2.45) is 0 Å². The number of rotatable bonds is 1. The van der Waals surface area contributed by atoms with Crippen LogP contribution in [0.25, 0.3) is 0 Å². The monoisotopic (exact) mass is 347 g/mol. The van der Waals surface area contributed by atoms with Crippen LogP contribution in [0.15, 0.2) is 30.3 Å². The standard InChI is InChI=1S/C6H5.2O.U/c1-2-4-6-5-3-1;;;/h1-5H;;;. The minimum absolute atomic E-state index is 0.526. The molecule has 0 bridgehead atoms. The Morgan fingerprint density at radius 1 is 1.00 bits per heavy atom. The van der Waals surface area contributed by atoms with Gasteiger partial charge in [0.15, 0.2) is 0 Å². The van der Waals surface area contributed by atoms with Crippen LogP contribution in [-0.4, -0.2) is 0 Å². The van der Waals surface area contributed by atoms with Crippen LogP contribution in [0.5, 0.6) is 0 Å². The Morgan fingerprint density at radius 3 is 1.89 bits per heavy atom. The summed E-state index contributed by atoms with van der Waals surface area (Å²) in [6.07, 6.45) is 0. The van der Waals surface area contributed by atoms with E-state index in [-0.39, 0.29) is 0 Å². The molecule has 0 heterocycles. The van der Waals surface area contributed by atoms with Crippen molar-refractivity contribution in [3.8, 4) is 0 Å². The van der Waals surface area contributed by atoms with Gasteiger partial charge >= 0.3 is 63.5 Å². The van der Waals surface area contributed by atoms with Crippen molar-refractivity contribution in [1.29, 1.82) is 0 Å². The van der Waals surface area contributed by atoms with Gasteiger partial charge in [-0.05, 0) is 0 Å². The van der Waals surface area contributed by atoms with Gasteiger partial charge in [0, 0.05) is 0 Å². The first-order chi connectivity index (χ1) is 4.30. The Morgan fingerprint density at radius 2 is 1.56 bits per heavy atom. The maximum absolute atomic E-state index is 10.4. The first-order valence-corrected chi connectivity index (χ1v) is 8.05. The van der Waals surface area contributed by atoms with Gasteiger partial charge < -0.3 is 0 Å². The molecule has 0 unspecified atom stereocenters. The Balaban J connectivity index is 3.13. The van der Waals surface area contributed by atoms with Crippen molar-refractivity contribution in [1.82, 2.24) is 0 Å². The fraction of sp³-hybridized carbons (Fsp3) is 0. The average molecular weight is 347 g/mol. The Labute approximate surface area is 63.3 Å². The van der Waals surface area contributed by atoms with E-state index in [1.807, 2.05) is 0 Å². The van der Waals surface area contributed by atoms with Gasteiger partial charge in [-0.25, -0.2) is 0 Å². The van der Waals surface area contributed by atoms with Gasteiger partial charge in [-0.1, -0.05) is 0 Å². The van der Waals surface area contributed by atoms with Crippen molar-refractivity contribution in [3.05, 3.63) is 30.3 Å². The topological polar surface area (TPSA) is 34.1 Å². The molecule has 0 aromatic heterocycles. The summed E-state index contributed by atoms with van der Waals surface area (Å²) in [5, 5.41) is 0. The second-order valence-corrected chi connectivity index (χ2v) is 6.45. The third-order valence-corrected chi connectivity index (χ3v) is 4.36. The van der Waals surface area contributed by atoms with Crippen LogP contribution >= 0.6 is 0 Å². The van der Waals surface area contributed by atoms with Gasteiger partial charge in [0.2, 0.25) is 0 Å². The van der Waals surface area contributed by atoms with Crippen molar-refractivity contribution in [2.75, 3.05) is 0 Å². The summed E-state index contributed by atoms with van der Waals surface area (Å²) in [6.45, 7) is 0. The molecule has 0 fully saturated rings. The van der Waals surface area contributed by atoms with Crippen molar-refractivity contribution in [3.63, 3.8) is 0 Å². The molecule has 0 saturated heterocycles. The molecule has 0 aliphatic rings. The van der Waals surface area contributed by atoms with E-state index in [0.29, 0.717) is 2.60 Å². The molecule has 0 atom stereocenters. The van der Waals surface area contributed by atoms with Gasteiger partial charge in [-0.2, -0.15) is 0 Å². The van der Waals surface area contributed by atoms with Gasteiger partial charge in [0.1, 0.15) is 0 Å². The predicted molar refractivity (Wildman–Crippen MR) is 27.4 cm³/mol. The van der Waals surface area contributed by atoms with E-state index in [2.05, 4.69) is 0 Å². The van der Waals surface area contributed by atoms with Crippen molar-refractivity contribution in [2.45, 2.75) is 0 Å². The van der Waals surface area contributed by atoms with Crippen LogP contribution in [0.3, 0.4) is 0 Å². The van der Waals surface area contributed by atoms with Gasteiger partial charge in [-0.3, -0.25) is 0 Å². The summed E-state index contributed by atoms with van der Waals surface area (Å²) in [6, 6.07) is 8.54. The summed E-state index contributed by atoms with van der Waals surface area (Å²) in [4.78, 5) is 0. The van der Waals surface area contributed by atoms with E-state index in [0.717, 1.165) is 0 Å². The summed E-state index contributed by atoms with van der Waals surface area (Å²) >= 11 is -3.75. The molecule has 2 nitrogen and oxygen atoms in total. The summed E-state index contributed by atoms with van der Waals surface area (Å²) in [7, 11) is 0. The number of hydrogen-bond donors (Lipinski definition) is 0. The predicted octanol–water partition coefficient (Wildman–Crippen LogP) is 0.624. The third-order valence-electron chi connectivity index (χ3n) is 1.01. The van der Waals surface area contributed by atoms with E-state index >= 15 is 0 Å². The van der Waals surface area contributed by atoms with E-state index in [1.165, 1.54) is 0 Å². The van der Waals surface area contributed by atoms with E-state index in [9.17, 15) is 4.47 Å². The molecule has 3 heteroatoms. The second-order valence-electron chi connectivity index (χ2n) is 1.65. The molecule has 0 aliphatic carbocycles. The average Bonchev–Trinajstić information content (AvgIpc) is 1.90. The zero-order valence-electron chi connectivity index (χ0n) is 4.70. The molecule has 0 amide bonds. The maximum atomic E-state index is 10.4. The molecule has 0 N–H and O–H groups in total. The molecule has 9 heavy (non-hydrogen) atoms. The zero-order valence-corrected chi connectivity index (χ0v) is 8.87. The van der Waals surface area contributed by atoms with Crippen LogP contribution in [0.2, 0.25) is 0 Å². The molecule has 0 saturated carbocycles. The molecule has 0 radical (unpaired) electrons. The van der Waals surface area contributed by atoms with E-state index in [4.69, 9.17) is 0 Å². The van der Waals surface area contributed by atoms with Crippen LogP contribution in [0, 0.1) is 26.1 Å². The molecule has 0 spiro atoms. The zero-order chi connectivity index (χ0) is 6.69. The second kappa shape index (κ2) is 3.15.